The summed E-state index contributed by atoms with van der Waals surface area (Å²) < 4.78 is 25.4. The molecule has 0 aromatic heterocycles. The monoisotopic (exact) mass is 415 g/mol. The van der Waals surface area contributed by atoms with E-state index in [1.54, 1.807) is 30.3 Å². The fraction of sp³-hybridized carbons (Fsp3) is 0.500. The molecule has 30 heavy (non-hydrogen) atoms. The molecule has 0 radical (unpaired) electrons. The molecule has 1 heterocycles. The van der Waals surface area contributed by atoms with Crippen LogP contribution in [0.2, 0.25) is 0 Å². The smallest absolute Gasteiger partial charge is 0.206 e. The van der Waals surface area contributed by atoms with Crippen LogP contribution in [0.1, 0.15) is 30.7 Å². The van der Waals surface area contributed by atoms with Crippen molar-refractivity contribution in [2.45, 2.75) is 31.3 Å². The average Bonchev–Trinajstić information content (AvgIpc) is 3.28. The minimum atomic E-state index is -0.431. The second-order valence-corrected chi connectivity index (χ2v) is 8.52. The predicted octanol–water partition coefficient (Wildman–Crippen LogP) is 3.80. The van der Waals surface area contributed by atoms with Crippen molar-refractivity contribution in [1.82, 2.24) is 4.90 Å². The normalized spacial score (nSPS) is 24.6. The number of benzene rings is 2. The topological polar surface area (TPSA) is 62.2 Å². The highest BCUT2D eigenvalue weighted by Gasteiger charge is 2.42. The van der Waals surface area contributed by atoms with Crippen LogP contribution < -0.4 is 9.47 Å². The maximum Gasteiger partial charge on any atom is 0.206 e. The lowest BCUT2D eigenvalue weighted by Crippen LogP contribution is -2.29. The SMILES string of the molecule is COc1cccc(OC2C[C@@H]3CN(CC(CCO)c4ccc(O)cc4)C[C@@H]3C2)c1F. The molecule has 162 valence electrons. The quantitative estimate of drug-likeness (QED) is 0.687. The molecule has 4 atom stereocenters. The van der Waals surface area contributed by atoms with Crippen molar-refractivity contribution < 1.29 is 24.1 Å². The van der Waals surface area contributed by atoms with Gasteiger partial charge in [0.1, 0.15) is 5.75 Å². The van der Waals surface area contributed by atoms with Crippen LogP contribution in [0.4, 0.5) is 4.39 Å². The van der Waals surface area contributed by atoms with Crippen molar-refractivity contribution in [3.63, 3.8) is 0 Å². The Morgan fingerprint density at radius 2 is 1.73 bits per heavy atom. The summed E-state index contributed by atoms with van der Waals surface area (Å²) in [5, 5.41) is 19.0. The second-order valence-electron chi connectivity index (χ2n) is 8.52. The predicted molar refractivity (Wildman–Crippen MR) is 113 cm³/mol. The van der Waals surface area contributed by atoms with E-state index >= 15 is 0 Å². The standard InChI is InChI=1S/C24H30FNO4/c1-29-22-3-2-4-23(24(22)25)30-21-11-18-14-26(15-19(18)12-21)13-17(9-10-27)16-5-7-20(28)8-6-16/h2-8,17-19,21,27-28H,9-15H2,1H3/t17?,18-,19+,21?. The number of aliphatic hydroxyl groups is 1. The summed E-state index contributed by atoms with van der Waals surface area (Å²) in [6, 6.07) is 12.3. The molecule has 4 rings (SSSR count). The van der Waals surface area contributed by atoms with Crippen molar-refractivity contribution in [2.24, 2.45) is 11.8 Å². The number of rotatable bonds is 8. The highest BCUT2D eigenvalue weighted by molar-refractivity contribution is 5.35. The second kappa shape index (κ2) is 9.23. The number of nitrogens with zero attached hydrogens (tertiary/aromatic N) is 1. The Morgan fingerprint density at radius 1 is 1.07 bits per heavy atom. The third-order valence-corrected chi connectivity index (χ3v) is 6.55. The Hall–Kier alpha value is -2.31. The molecule has 2 aliphatic rings. The lowest BCUT2D eigenvalue weighted by atomic mass is 9.95. The van der Waals surface area contributed by atoms with Crippen LogP contribution in [0.15, 0.2) is 42.5 Å². The number of aliphatic hydroxyl groups excluding tert-OH is 1. The van der Waals surface area contributed by atoms with Crippen molar-refractivity contribution in [2.75, 3.05) is 33.4 Å². The number of aromatic hydroxyl groups is 1. The zero-order valence-corrected chi connectivity index (χ0v) is 17.3. The summed E-state index contributed by atoms with van der Waals surface area (Å²) in [5.74, 6) is 1.66. The molecule has 2 aromatic carbocycles. The van der Waals surface area contributed by atoms with Gasteiger partial charge in [0.25, 0.3) is 0 Å². The first-order chi connectivity index (χ1) is 14.6. The van der Waals surface area contributed by atoms with Gasteiger partial charge in [0.2, 0.25) is 5.82 Å². The average molecular weight is 416 g/mol. The first-order valence-corrected chi connectivity index (χ1v) is 10.7. The van der Waals surface area contributed by atoms with Crippen LogP contribution in [-0.2, 0) is 0 Å². The molecule has 2 unspecified atom stereocenters. The molecule has 1 aliphatic carbocycles. The number of hydrogen-bond acceptors (Lipinski definition) is 5. The highest BCUT2D eigenvalue weighted by Crippen LogP contribution is 2.41. The van der Waals surface area contributed by atoms with Gasteiger partial charge in [-0.1, -0.05) is 18.2 Å². The Labute approximate surface area is 177 Å². The fourth-order valence-electron chi connectivity index (χ4n) is 5.08. The van der Waals surface area contributed by atoms with Gasteiger partial charge in [0.15, 0.2) is 11.5 Å². The highest BCUT2D eigenvalue weighted by atomic mass is 19.1. The number of hydrogen-bond donors (Lipinski definition) is 2. The third kappa shape index (κ3) is 4.55. The van der Waals surface area contributed by atoms with Gasteiger partial charge in [-0.05, 0) is 66.8 Å². The summed E-state index contributed by atoms with van der Waals surface area (Å²) in [6.45, 7) is 3.05. The summed E-state index contributed by atoms with van der Waals surface area (Å²) in [7, 11) is 1.46. The molecule has 2 fully saturated rings. The van der Waals surface area contributed by atoms with E-state index in [2.05, 4.69) is 4.90 Å². The Bertz CT molecular complexity index is 830. The van der Waals surface area contributed by atoms with Gasteiger partial charge in [-0.25, -0.2) is 0 Å². The number of fused-ring (bicyclic) bond motifs is 1. The van der Waals surface area contributed by atoms with Crippen molar-refractivity contribution in [3.05, 3.63) is 53.8 Å². The zero-order chi connectivity index (χ0) is 21.1. The molecule has 0 amide bonds. The summed E-state index contributed by atoms with van der Waals surface area (Å²) in [5.41, 5.74) is 1.15. The van der Waals surface area contributed by atoms with Crippen LogP contribution in [0.5, 0.6) is 17.2 Å². The number of phenols is 1. The van der Waals surface area contributed by atoms with Gasteiger partial charge in [0.05, 0.1) is 13.2 Å². The molecule has 5 nitrogen and oxygen atoms in total. The molecule has 6 heteroatoms. The third-order valence-electron chi connectivity index (χ3n) is 6.55. The van der Waals surface area contributed by atoms with Gasteiger partial charge < -0.3 is 24.6 Å². The molecule has 1 aliphatic heterocycles. The Balaban J connectivity index is 1.33. The molecular weight excluding hydrogens is 385 g/mol. The van der Waals surface area contributed by atoms with E-state index in [0.29, 0.717) is 18.3 Å². The first kappa shape index (κ1) is 20.9. The van der Waals surface area contributed by atoms with E-state index < -0.39 is 5.82 Å². The van der Waals surface area contributed by atoms with E-state index in [-0.39, 0.29) is 35.9 Å². The van der Waals surface area contributed by atoms with E-state index in [4.69, 9.17) is 9.47 Å². The van der Waals surface area contributed by atoms with E-state index in [1.165, 1.54) is 7.11 Å². The van der Waals surface area contributed by atoms with Gasteiger partial charge in [-0.15, -0.1) is 0 Å². The van der Waals surface area contributed by atoms with Crippen LogP contribution in [0.25, 0.3) is 0 Å². The van der Waals surface area contributed by atoms with Gasteiger partial charge in [-0.2, -0.15) is 4.39 Å². The van der Waals surface area contributed by atoms with Crippen LogP contribution in [0.3, 0.4) is 0 Å². The van der Waals surface area contributed by atoms with Crippen LogP contribution >= 0.6 is 0 Å². The number of ether oxygens (including phenoxy) is 2. The van der Waals surface area contributed by atoms with Gasteiger partial charge in [-0.3, -0.25) is 0 Å². The summed E-state index contributed by atoms with van der Waals surface area (Å²) >= 11 is 0. The summed E-state index contributed by atoms with van der Waals surface area (Å²) in [6.07, 6.45) is 2.61. The molecule has 1 saturated carbocycles. The van der Waals surface area contributed by atoms with Gasteiger partial charge >= 0.3 is 0 Å². The van der Waals surface area contributed by atoms with E-state index in [0.717, 1.165) is 38.0 Å². The maximum absolute atomic E-state index is 14.4. The Morgan fingerprint density at radius 3 is 2.37 bits per heavy atom. The minimum Gasteiger partial charge on any atom is -0.508 e. The maximum atomic E-state index is 14.4. The fourth-order valence-corrected chi connectivity index (χ4v) is 5.08. The lowest BCUT2D eigenvalue weighted by molar-refractivity contribution is 0.173. The largest absolute Gasteiger partial charge is 0.508 e. The molecule has 0 bridgehead atoms. The minimum absolute atomic E-state index is 0.0362. The van der Waals surface area contributed by atoms with Crippen molar-refractivity contribution in [1.29, 1.82) is 0 Å². The van der Waals surface area contributed by atoms with E-state index in [1.807, 2.05) is 12.1 Å². The van der Waals surface area contributed by atoms with Crippen LogP contribution in [0, 0.1) is 17.7 Å². The van der Waals surface area contributed by atoms with Crippen LogP contribution in [-0.4, -0.2) is 54.6 Å². The zero-order valence-electron chi connectivity index (χ0n) is 17.3. The van der Waals surface area contributed by atoms with Crippen molar-refractivity contribution >= 4 is 0 Å². The molecule has 1 saturated heterocycles. The Kier molecular flexibility index (Phi) is 6.44. The van der Waals surface area contributed by atoms with Crippen molar-refractivity contribution in [3.8, 4) is 17.2 Å². The number of halogens is 1. The first-order valence-electron chi connectivity index (χ1n) is 10.7. The van der Waals surface area contributed by atoms with Gasteiger partial charge in [0, 0.05) is 26.2 Å². The molecule has 0 spiro atoms. The number of likely N-dealkylation sites (tertiary alicyclic amines) is 1. The molecule has 2 N–H and O–H groups in total. The number of phenolic OH excluding ortho intramolecular Hbond substituents is 1. The number of methoxy groups -OCH3 is 1. The summed E-state index contributed by atoms with van der Waals surface area (Å²) in [4.78, 5) is 2.48. The lowest BCUT2D eigenvalue weighted by Gasteiger charge is -2.25. The molecular formula is C24H30FNO4. The van der Waals surface area contributed by atoms with E-state index in [9.17, 15) is 14.6 Å². The molecule has 2 aromatic rings.